The van der Waals surface area contributed by atoms with Gasteiger partial charge in [-0.25, -0.2) is 4.98 Å². The van der Waals surface area contributed by atoms with Crippen molar-refractivity contribution >= 4 is 15.9 Å². The van der Waals surface area contributed by atoms with Crippen molar-refractivity contribution in [1.82, 2.24) is 9.97 Å². The molecule has 2 aromatic rings. The van der Waals surface area contributed by atoms with Crippen molar-refractivity contribution in [3.8, 4) is 17.4 Å². The van der Waals surface area contributed by atoms with Crippen molar-refractivity contribution < 1.29 is 9.47 Å². The molecule has 1 aromatic carbocycles. The molecule has 0 aliphatic carbocycles. The fourth-order valence-electron chi connectivity index (χ4n) is 1.21. The maximum absolute atomic E-state index is 11.1. The molecule has 0 aliphatic heterocycles. The first kappa shape index (κ1) is 11.7. The van der Waals surface area contributed by atoms with Gasteiger partial charge in [0.15, 0.2) is 0 Å². The average molecular weight is 297 g/mol. The molecular formula is C11H9BrN2O3. The Hall–Kier alpha value is -1.82. The van der Waals surface area contributed by atoms with Gasteiger partial charge < -0.3 is 14.5 Å². The van der Waals surface area contributed by atoms with Crippen LogP contribution in [0, 0.1) is 0 Å². The summed E-state index contributed by atoms with van der Waals surface area (Å²) in [7, 11) is 1.58. The predicted octanol–water partition coefficient (Wildman–Crippen LogP) is 2.33. The molecule has 0 fully saturated rings. The standard InChI is InChI=1S/C11H9BrN2O3/c1-16-7-2-3-9(8(12)4-7)17-11-5-10(15)13-6-14-11/h2-6H,1H3,(H,13,14,15). The van der Waals surface area contributed by atoms with Crippen LogP contribution in [0.4, 0.5) is 0 Å². The molecule has 0 unspecified atom stereocenters. The van der Waals surface area contributed by atoms with Gasteiger partial charge in [0.2, 0.25) is 5.88 Å². The van der Waals surface area contributed by atoms with Crippen LogP contribution >= 0.6 is 15.9 Å². The molecule has 1 N–H and O–H groups in total. The van der Waals surface area contributed by atoms with Crippen LogP contribution in [-0.4, -0.2) is 17.1 Å². The van der Waals surface area contributed by atoms with Gasteiger partial charge in [-0.2, -0.15) is 0 Å². The number of aromatic nitrogens is 2. The van der Waals surface area contributed by atoms with Gasteiger partial charge in [-0.15, -0.1) is 0 Å². The fourth-order valence-corrected chi connectivity index (χ4v) is 1.65. The summed E-state index contributed by atoms with van der Waals surface area (Å²) >= 11 is 3.35. The third-order valence-corrected chi connectivity index (χ3v) is 2.63. The lowest BCUT2D eigenvalue weighted by molar-refractivity contribution is 0.411. The maximum Gasteiger partial charge on any atom is 0.254 e. The second-order valence-corrected chi connectivity index (χ2v) is 4.00. The van der Waals surface area contributed by atoms with Crippen molar-refractivity contribution in [2.45, 2.75) is 0 Å². The zero-order chi connectivity index (χ0) is 12.3. The van der Waals surface area contributed by atoms with E-state index in [9.17, 15) is 4.79 Å². The van der Waals surface area contributed by atoms with Crippen LogP contribution in [0.25, 0.3) is 0 Å². The van der Waals surface area contributed by atoms with E-state index >= 15 is 0 Å². The van der Waals surface area contributed by atoms with E-state index in [0.717, 1.165) is 4.47 Å². The van der Waals surface area contributed by atoms with Gasteiger partial charge in [0, 0.05) is 0 Å². The Morgan fingerprint density at radius 2 is 2.18 bits per heavy atom. The number of hydrogen-bond donors (Lipinski definition) is 1. The number of nitrogens with zero attached hydrogens (tertiary/aromatic N) is 1. The van der Waals surface area contributed by atoms with E-state index in [2.05, 4.69) is 25.9 Å². The van der Waals surface area contributed by atoms with E-state index in [1.807, 2.05) is 0 Å². The van der Waals surface area contributed by atoms with Crippen molar-refractivity contribution in [3.63, 3.8) is 0 Å². The zero-order valence-corrected chi connectivity index (χ0v) is 10.5. The number of halogens is 1. The molecule has 2 rings (SSSR count). The summed E-state index contributed by atoms with van der Waals surface area (Å²) in [6, 6.07) is 6.53. The van der Waals surface area contributed by atoms with Gasteiger partial charge >= 0.3 is 0 Å². The molecule has 0 spiro atoms. The van der Waals surface area contributed by atoms with E-state index in [1.165, 1.54) is 12.4 Å². The van der Waals surface area contributed by atoms with Crippen LogP contribution in [0.1, 0.15) is 0 Å². The van der Waals surface area contributed by atoms with E-state index in [4.69, 9.17) is 9.47 Å². The fraction of sp³-hybridized carbons (Fsp3) is 0.0909. The van der Waals surface area contributed by atoms with E-state index in [0.29, 0.717) is 11.5 Å². The van der Waals surface area contributed by atoms with Gasteiger partial charge in [0.1, 0.15) is 11.5 Å². The van der Waals surface area contributed by atoms with Crippen molar-refractivity contribution in [2.24, 2.45) is 0 Å². The molecule has 0 saturated heterocycles. The molecule has 0 bridgehead atoms. The van der Waals surface area contributed by atoms with Gasteiger partial charge in [-0.3, -0.25) is 4.79 Å². The number of aromatic amines is 1. The summed E-state index contributed by atoms with van der Waals surface area (Å²) in [6.45, 7) is 0. The van der Waals surface area contributed by atoms with Gasteiger partial charge in [-0.1, -0.05) is 0 Å². The van der Waals surface area contributed by atoms with Gasteiger partial charge in [0.25, 0.3) is 5.56 Å². The number of methoxy groups -OCH3 is 1. The molecule has 17 heavy (non-hydrogen) atoms. The molecule has 0 atom stereocenters. The molecule has 6 heteroatoms. The number of nitrogens with one attached hydrogen (secondary N) is 1. The van der Waals surface area contributed by atoms with E-state index in [-0.39, 0.29) is 11.4 Å². The Labute approximate surface area is 106 Å². The highest BCUT2D eigenvalue weighted by atomic mass is 79.9. The highest BCUT2D eigenvalue weighted by molar-refractivity contribution is 9.10. The van der Waals surface area contributed by atoms with Crippen molar-refractivity contribution in [3.05, 3.63) is 45.4 Å². The third kappa shape index (κ3) is 2.85. The van der Waals surface area contributed by atoms with E-state index < -0.39 is 0 Å². The largest absolute Gasteiger partial charge is 0.497 e. The van der Waals surface area contributed by atoms with Crippen molar-refractivity contribution in [2.75, 3.05) is 7.11 Å². The van der Waals surface area contributed by atoms with E-state index in [1.54, 1.807) is 25.3 Å². The van der Waals surface area contributed by atoms with Gasteiger partial charge in [-0.05, 0) is 34.1 Å². The van der Waals surface area contributed by atoms with Crippen molar-refractivity contribution in [1.29, 1.82) is 0 Å². The lowest BCUT2D eigenvalue weighted by atomic mass is 10.3. The lowest BCUT2D eigenvalue weighted by Gasteiger charge is -2.07. The molecule has 1 aromatic heterocycles. The predicted molar refractivity (Wildman–Crippen MR) is 65.6 cm³/mol. The normalized spacial score (nSPS) is 10.0. The Morgan fingerprint density at radius 1 is 1.35 bits per heavy atom. The molecule has 88 valence electrons. The highest BCUT2D eigenvalue weighted by Crippen LogP contribution is 2.31. The minimum absolute atomic E-state index is 0.236. The monoisotopic (exact) mass is 296 g/mol. The summed E-state index contributed by atoms with van der Waals surface area (Å²) in [5.41, 5.74) is -0.264. The molecule has 1 heterocycles. The topological polar surface area (TPSA) is 64.2 Å². The first-order valence-electron chi connectivity index (χ1n) is 4.75. The van der Waals surface area contributed by atoms with Crippen LogP contribution in [0.2, 0.25) is 0 Å². The first-order chi connectivity index (χ1) is 8.19. The minimum atomic E-state index is -0.264. The Balaban J connectivity index is 2.27. The third-order valence-electron chi connectivity index (χ3n) is 2.01. The zero-order valence-electron chi connectivity index (χ0n) is 8.94. The molecule has 0 aliphatic rings. The summed E-state index contributed by atoms with van der Waals surface area (Å²) in [6.07, 6.45) is 1.29. The Morgan fingerprint density at radius 3 is 2.82 bits per heavy atom. The molecule has 0 saturated carbocycles. The van der Waals surface area contributed by atoms with Crippen LogP contribution in [-0.2, 0) is 0 Å². The highest BCUT2D eigenvalue weighted by Gasteiger charge is 2.05. The van der Waals surface area contributed by atoms with Gasteiger partial charge in [0.05, 0.1) is 24.0 Å². The number of ether oxygens (including phenoxy) is 2. The van der Waals surface area contributed by atoms with Crippen LogP contribution in [0.3, 0.4) is 0 Å². The summed E-state index contributed by atoms with van der Waals surface area (Å²) in [4.78, 5) is 17.4. The maximum atomic E-state index is 11.1. The summed E-state index contributed by atoms with van der Waals surface area (Å²) in [5, 5.41) is 0. The molecule has 0 amide bonds. The number of benzene rings is 1. The number of rotatable bonds is 3. The minimum Gasteiger partial charge on any atom is -0.497 e. The second-order valence-electron chi connectivity index (χ2n) is 3.15. The lowest BCUT2D eigenvalue weighted by Crippen LogP contribution is -2.04. The van der Waals surface area contributed by atoms with Crippen LogP contribution in [0.15, 0.2) is 39.9 Å². The number of H-pyrrole nitrogens is 1. The molecular weight excluding hydrogens is 288 g/mol. The average Bonchev–Trinajstić information content (AvgIpc) is 2.32. The first-order valence-corrected chi connectivity index (χ1v) is 5.54. The molecule has 5 nitrogen and oxygen atoms in total. The quantitative estimate of drug-likeness (QED) is 0.944. The van der Waals surface area contributed by atoms with Crippen LogP contribution in [0.5, 0.6) is 17.4 Å². The Bertz CT molecular complexity index is 583. The summed E-state index contributed by atoms with van der Waals surface area (Å²) in [5.74, 6) is 1.51. The Kier molecular flexibility index (Phi) is 3.43. The smallest absolute Gasteiger partial charge is 0.254 e. The molecule has 0 radical (unpaired) electrons. The summed E-state index contributed by atoms with van der Waals surface area (Å²) < 4.78 is 11.2. The number of hydrogen-bond acceptors (Lipinski definition) is 4. The SMILES string of the molecule is COc1ccc(Oc2cc(=O)[nH]cn2)c(Br)c1. The second kappa shape index (κ2) is 5.01. The van der Waals surface area contributed by atoms with Crippen LogP contribution < -0.4 is 15.0 Å².